The van der Waals surface area contributed by atoms with Crippen molar-refractivity contribution in [3.05, 3.63) is 48.0 Å². The monoisotopic (exact) mass is 385 g/mol. The standard InChI is InChI=1S/C20H23N3O3S/c1-24-17-4-2-3-16(12-17)22-7-9-23(10-8-22)20(27)21-13-15-5-6-18-19(11-15)26-14-25-18/h2-6,11-12H,7-10,13-14H2,1H3,(H,21,27). The number of piperazine rings is 1. The van der Waals surface area contributed by atoms with Crippen LogP contribution in [-0.4, -0.2) is 50.1 Å². The summed E-state index contributed by atoms with van der Waals surface area (Å²) in [5.41, 5.74) is 2.31. The van der Waals surface area contributed by atoms with E-state index in [1.807, 2.05) is 30.3 Å². The minimum Gasteiger partial charge on any atom is -0.497 e. The predicted molar refractivity (Wildman–Crippen MR) is 109 cm³/mol. The van der Waals surface area contributed by atoms with Crippen molar-refractivity contribution in [3.63, 3.8) is 0 Å². The number of methoxy groups -OCH3 is 1. The summed E-state index contributed by atoms with van der Waals surface area (Å²) in [5.74, 6) is 2.48. The Hall–Kier alpha value is -2.67. The van der Waals surface area contributed by atoms with Crippen molar-refractivity contribution in [1.29, 1.82) is 0 Å². The second-order valence-corrected chi connectivity index (χ2v) is 6.91. The Morgan fingerprint density at radius 2 is 1.89 bits per heavy atom. The van der Waals surface area contributed by atoms with Crippen molar-refractivity contribution in [3.8, 4) is 17.2 Å². The van der Waals surface area contributed by atoms with Gasteiger partial charge in [0.05, 0.1) is 7.11 Å². The smallest absolute Gasteiger partial charge is 0.231 e. The number of nitrogens with one attached hydrogen (secondary N) is 1. The van der Waals surface area contributed by atoms with E-state index >= 15 is 0 Å². The highest BCUT2D eigenvalue weighted by Crippen LogP contribution is 2.32. The molecule has 0 bridgehead atoms. The number of hydrogen-bond acceptors (Lipinski definition) is 5. The molecule has 4 rings (SSSR count). The van der Waals surface area contributed by atoms with E-state index in [2.05, 4.69) is 27.2 Å². The molecule has 0 radical (unpaired) electrons. The van der Waals surface area contributed by atoms with Crippen molar-refractivity contribution in [2.45, 2.75) is 6.54 Å². The minimum atomic E-state index is 0.294. The predicted octanol–water partition coefficient (Wildman–Crippen LogP) is 2.62. The van der Waals surface area contributed by atoms with E-state index in [1.165, 1.54) is 5.69 Å². The maximum atomic E-state index is 5.59. The van der Waals surface area contributed by atoms with Gasteiger partial charge in [-0.3, -0.25) is 0 Å². The van der Waals surface area contributed by atoms with Gasteiger partial charge in [-0.05, 0) is 42.0 Å². The molecule has 2 aliphatic heterocycles. The van der Waals surface area contributed by atoms with Gasteiger partial charge in [-0.25, -0.2) is 0 Å². The molecule has 2 aromatic rings. The normalized spacial score (nSPS) is 15.6. The summed E-state index contributed by atoms with van der Waals surface area (Å²) in [6, 6.07) is 14.2. The van der Waals surface area contributed by atoms with Crippen LogP contribution < -0.4 is 24.4 Å². The van der Waals surface area contributed by atoms with E-state index in [0.29, 0.717) is 13.3 Å². The highest BCUT2D eigenvalue weighted by molar-refractivity contribution is 7.80. The Bertz CT molecular complexity index is 822. The molecule has 0 unspecified atom stereocenters. The fourth-order valence-corrected chi connectivity index (χ4v) is 3.57. The number of ether oxygens (including phenoxy) is 3. The lowest BCUT2D eigenvalue weighted by Crippen LogP contribution is -2.51. The first-order valence-corrected chi connectivity index (χ1v) is 9.44. The lowest BCUT2D eigenvalue weighted by atomic mass is 10.2. The molecular weight excluding hydrogens is 362 g/mol. The molecule has 2 heterocycles. The molecule has 0 atom stereocenters. The molecule has 0 aliphatic carbocycles. The van der Waals surface area contributed by atoms with Crippen LogP contribution in [0.1, 0.15) is 5.56 Å². The maximum Gasteiger partial charge on any atom is 0.231 e. The number of fused-ring (bicyclic) bond motifs is 1. The topological polar surface area (TPSA) is 46.2 Å². The van der Waals surface area contributed by atoms with Gasteiger partial charge in [-0.2, -0.15) is 0 Å². The highest BCUT2D eigenvalue weighted by Gasteiger charge is 2.20. The molecule has 2 aliphatic rings. The molecule has 2 aromatic carbocycles. The van der Waals surface area contributed by atoms with Crippen LogP contribution in [0.15, 0.2) is 42.5 Å². The number of benzene rings is 2. The molecule has 0 saturated carbocycles. The molecule has 7 heteroatoms. The van der Waals surface area contributed by atoms with Crippen LogP contribution in [0, 0.1) is 0 Å². The molecular formula is C20H23N3O3S. The van der Waals surface area contributed by atoms with Gasteiger partial charge in [-0.15, -0.1) is 0 Å². The largest absolute Gasteiger partial charge is 0.497 e. The first kappa shape index (κ1) is 17.7. The van der Waals surface area contributed by atoms with Crippen LogP contribution in [0.5, 0.6) is 17.2 Å². The van der Waals surface area contributed by atoms with E-state index in [4.69, 9.17) is 26.4 Å². The summed E-state index contributed by atoms with van der Waals surface area (Å²) in [6.07, 6.45) is 0. The molecule has 1 fully saturated rings. The first-order valence-electron chi connectivity index (χ1n) is 9.03. The van der Waals surface area contributed by atoms with Gasteiger partial charge in [0.2, 0.25) is 6.79 Å². The molecule has 0 aromatic heterocycles. The zero-order valence-corrected chi connectivity index (χ0v) is 16.1. The Balaban J connectivity index is 1.28. The van der Waals surface area contributed by atoms with Crippen LogP contribution in [0.2, 0.25) is 0 Å². The summed E-state index contributed by atoms with van der Waals surface area (Å²) in [4.78, 5) is 4.58. The number of rotatable bonds is 4. The first-order chi connectivity index (χ1) is 13.2. The minimum absolute atomic E-state index is 0.294. The van der Waals surface area contributed by atoms with Gasteiger partial charge in [0, 0.05) is 44.5 Å². The summed E-state index contributed by atoms with van der Waals surface area (Å²) in [5, 5.41) is 4.14. The highest BCUT2D eigenvalue weighted by atomic mass is 32.1. The lowest BCUT2D eigenvalue weighted by Gasteiger charge is -2.37. The number of anilines is 1. The van der Waals surface area contributed by atoms with Crippen LogP contribution in [0.3, 0.4) is 0 Å². The van der Waals surface area contributed by atoms with Gasteiger partial charge >= 0.3 is 0 Å². The molecule has 0 amide bonds. The quantitative estimate of drug-likeness (QED) is 0.812. The van der Waals surface area contributed by atoms with Gasteiger partial charge < -0.3 is 29.3 Å². The van der Waals surface area contributed by atoms with Crippen LogP contribution >= 0.6 is 12.2 Å². The second-order valence-electron chi connectivity index (χ2n) is 6.52. The van der Waals surface area contributed by atoms with E-state index in [1.54, 1.807) is 7.11 Å². The zero-order valence-electron chi connectivity index (χ0n) is 15.3. The Kier molecular flexibility index (Phi) is 5.20. The summed E-state index contributed by atoms with van der Waals surface area (Å²) in [7, 11) is 1.70. The second kappa shape index (κ2) is 7.92. The molecule has 6 nitrogen and oxygen atoms in total. The maximum absolute atomic E-state index is 5.59. The fraction of sp³-hybridized carbons (Fsp3) is 0.350. The summed E-state index contributed by atoms with van der Waals surface area (Å²) >= 11 is 5.59. The lowest BCUT2D eigenvalue weighted by molar-refractivity contribution is 0.174. The van der Waals surface area contributed by atoms with Crippen molar-refractivity contribution in [2.75, 3.05) is 45.0 Å². The van der Waals surface area contributed by atoms with Gasteiger partial charge in [0.15, 0.2) is 16.6 Å². The van der Waals surface area contributed by atoms with Crippen LogP contribution in [0.25, 0.3) is 0 Å². The molecule has 142 valence electrons. The fourth-order valence-electron chi connectivity index (χ4n) is 3.32. The van der Waals surface area contributed by atoms with Crippen molar-refractivity contribution < 1.29 is 14.2 Å². The van der Waals surface area contributed by atoms with E-state index in [-0.39, 0.29) is 0 Å². The SMILES string of the molecule is COc1cccc(N2CCN(C(=S)NCc3ccc4c(c3)OCO4)CC2)c1. The molecule has 1 saturated heterocycles. The molecule has 1 N–H and O–H groups in total. The summed E-state index contributed by atoms with van der Waals surface area (Å²) in [6.45, 7) is 4.61. The van der Waals surface area contributed by atoms with Gasteiger partial charge in [-0.1, -0.05) is 12.1 Å². The van der Waals surface area contributed by atoms with Crippen LogP contribution in [0.4, 0.5) is 5.69 Å². The number of thiocarbonyl (C=S) groups is 1. The molecule has 0 spiro atoms. The van der Waals surface area contributed by atoms with E-state index < -0.39 is 0 Å². The average Bonchev–Trinajstić information content (AvgIpc) is 3.20. The Morgan fingerprint density at radius 1 is 1.07 bits per heavy atom. The van der Waals surface area contributed by atoms with E-state index in [0.717, 1.165) is 54.1 Å². The Labute approximate surface area is 164 Å². The van der Waals surface area contributed by atoms with Crippen molar-refractivity contribution in [2.24, 2.45) is 0 Å². The van der Waals surface area contributed by atoms with Crippen molar-refractivity contribution in [1.82, 2.24) is 10.2 Å². The van der Waals surface area contributed by atoms with Crippen LogP contribution in [-0.2, 0) is 6.54 Å². The Morgan fingerprint density at radius 3 is 2.70 bits per heavy atom. The average molecular weight is 385 g/mol. The zero-order chi connectivity index (χ0) is 18.6. The third kappa shape index (κ3) is 4.03. The number of nitrogens with zero attached hydrogens (tertiary/aromatic N) is 2. The van der Waals surface area contributed by atoms with E-state index in [9.17, 15) is 0 Å². The third-order valence-electron chi connectivity index (χ3n) is 4.87. The summed E-state index contributed by atoms with van der Waals surface area (Å²) < 4.78 is 16.1. The van der Waals surface area contributed by atoms with Gasteiger partial charge in [0.1, 0.15) is 5.75 Å². The van der Waals surface area contributed by atoms with Gasteiger partial charge in [0.25, 0.3) is 0 Å². The third-order valence-corrected chi connectivity index (χ3v) is 5.27. The molecule has 27 heavy (non-hydrogen) atoms. The number of hydrogen-bond donors (Lipinski definition) is 1. The van der Waals surface area contributed by atoms with Crippen molar-refractivity contribution >= 4 is 23.0 Å².